The number of aromatic nitrogens is 1. The predicted octanol–water partition coefficient (Wildman–Crippen LogP) is 0.321. The lowest BCUT2D eigenvalue weighted by Gasteiger charge is -2.03. The van der Waals surface area contributed by atoms with Crippen LogP contribution < -0.4 is 5.32 Å². The van der Waals surface area contributed by atoms with Gasteiger partial charge in [-0.25, -0.2) is 4.98 Å². The quantitative estimate of drug-likeness (QED) is 0.665. The smallest absolute Gasteiger partial charge is 0.251 e. The minimum atomic E-state index is -0.518. The van der Waals surface area contributed by atoms with E-state index in [4.69, 9.17) is 5.11 Å². The van der Waals surface area contributed by atoms with Gasteiger partial charge in [-0.2, -0.15) is 0 Å². The lowest BCUT2D eigenvalue weighted by Crippen LogP contribution is -2.16. The number of aliphatic hydroxyl groups excluding tert-OH is 1. The highest BCUT2D eigenvalue weighted by Crippen LogP contribution is 2.08. The first kappa shape index (κ1) is 8.67. The van der Waals surface area contributed by atoms with Crippen LogP contribution in [0.3, 0.4) is 0 Å². The van der Waals surface area contributed by atoms with Crippen LogP contribution in [0.5, 0.6) is 0 Å². The fourth-order valence-corrected chi connectivity index (χ4v) is 0.788. The second kappa shape index (κ2) is 3.82. The molecule has 0 saturated carbocycles. The number of nitrogens with zero attached hydrogens (tertiary/aromatic N) is 1. The normalized spacial score (nSPS) is 9.50. The Morgan fingerprint density at radius 1 is 1.75 bits per heavy atom. The van der Waals surface area contributed by atoms with E-state index in [2.05, 4.69) is 10.3 Å². The van der Waals surface area contributed by atoms with E-state index >= 15 is 0 Å². The van der Waals surface area contributed by atoms with Gasteiger partial charge < -0.3 is 10.4 Å². The van der Waals surface area contributed by atoms with Crippen molar-refractivity contribution in [3.8, 4) is 0 Å². The summed E-state index contributed by atoms with van der Waals surface area (Å²) in [6, 6.07) is 3.62. The lowest BCUT2D eigenvalue weighted by molar-refractivity contribution is -0.118. The van der Waals surface area contributed by atoms with Gasteiger partial charge >= 0.3 is 0 Å². The topological polar surface area (TPSA) is 62.2 Å². The molecular weight excluding hydrogens is 156 g/mol. The Kier molecular flexibility index (Phi) is 2.76. The SMILES string of the molecule is Cc1cccnc1NC(=O)CO. The molecule has 0 spiro atoms. The van der Waals surface area contributed by atoms with Gasteiger partial charge in [-0.05, 0) is 18.6 Å². The Bertz CT molecular complexity index is 286. The molecule has 0 atom stereocenters. The second-order valence-electron chi connectivity index (χ2n) is 2.38. The number of amides is 1. The van der Waals surface area contributed by atoms with E-state index in [1.165, 1.54) is 0 Å². The van der Waals surface area contributed by atoms with E-state index < -0.39 is 12.5 Å². The number of carbonyl (C=O) groups is 1. The van der Waals surface area contributed by atoms with Gasteiger partial charge in [0.2, 0.25) is 0 Å². The van der Waals surface area contributed by atoms with E-state index in [9.17, 15) is 4.79 Å². The van der Waals surface area contributed by atoms with Gasteiger partial charge in [0.15, 0.2) is 0 Å². The number of anilines is 1. The van der Waals surface area contributed by atoms with Crippen LogP contribution in [0.4, 0.5) is 5.82 Å². The van der Waals surface area contributed by atoms with E-state index in [1.54, 1.807) is 12.3 Å². The third-order valence-electron chi connectivity index (χ3n) is 1.41. The molecule has 64 valence electrons. The molecule has 4 nitrogen and oxygen atoms in total. The van der Waals surface area contributed by atoms with Crippen molar-refractivity contribution in [2.75, 3.05) is 11.9 Å². The molecule has 12 heavy (non-hydrogen) atoms. The van der Waals surface area contributed by atoms with Gasteiger partial charge in [-0.3, -0.25) is 4.79 Å². The predicted molar refractivity (Wildman–Crippen MR) is 44.7 cm³/mol. The molecule has 1 aromatic rings. The average Bonchev–Trinajstić information content (AvgIpc) is 2.09. The summed E-state index contributed by atoms with van der Waals surface area (Å²) in [5.74, 6) is 0.0494. The molecule has 1 aromatic heterocycles. The summed E-state index contributed by atoms with van der Waals surface area (Å²) in [6.07, 6.45) is 1.58. The largest absolute Gasteiger partial charge is 0.387 e. The van der Waals surface area contributed by atoms with Crippen LogP contribution in [0.1, 0.15) is 5.56 Å². The van der Waals surface area contributed by atoms with Gasteiger partial charge in [0.1, 0.15) is 12.4 Å². The highest BCUT2D eigenvalue weighted by Gasteiger charge is 2.02. The Morgan fingerprint density at radius 3 is 3.08 bits per heavy atom. The summed E-state index contributed by atoms with van der Waals surface area (Å²) < 4.78 is 0. The maximum absolute atomic E-state index is 10.7. The maximum atomic E-state index is 10.7. The van der Waals surface area contributed by atoms with Crippen molar-refractivity contribution in [1.82, 2.24) is 4.98 Å². The van der Waals surface area contributed by atoms with Gasteiger partial charge in [-0.15, -0.1) is 0 Å². The lowest BCUT2D eigenvalue weighted by atomic mass is 10.3. The molecule has 0 aliphatic carbocycles. The van der Waals surface area contributed by atoms with Crippen molar-refractivity contribution in [2.24, 2.45) is 0 Å². The van der Waals surface area contributed by atoms with Gasteiger partial charge in [-0.1, -0.05) is 6.07 Å². The van der Waals surface area contributed by atoms with E-state index in [0.29, 0.717) is 5.82 Å². The van der Waals surface area contributed by atoms with Crippen molar-refractivity contribution in [3.05, 3.63) is 23.9 Å². The average molecular weight is 166 g/mol. The molecule has 0 aliphatic heterocycles. The molecule has 0 saturated heterocycles. The summed E-state index contributed by atoms with van der Waals surface area (Å²) in [7, 11) is 0. The van der Waals surface area contributed by atoms with Gasteiger partial charge in [0, 0.05) is 6.20 Å². The summed E-state index contributed by atoms with van der Waals surface area (Å²) >= 11 is 0. The third-order valence-corrected chi connectivity index (χ3v) is 1.41. The van der Waals surface area contributed by atoms with Crippen LogP contribution in [0, 0.1) is 6.92 Å². The summed E-state index contributed by atoms with van der Waals surface area (Å²) in [4.78, 5) is 14.7. The molecule has 1 amide bonds. The molecule has 2 N–H and O–H groups in total. The van der Waals surface area contributed by atoms with Crippen molar-refractivity contribution in [1.29, 1.82) is 0 Å². The summed E-state index contributed by atoms with van der Waals surface area (Å²) in [5, 5.41) is 10.9. The molecule has 0 aromatic carbocycles. The molecule has 0 aliphatic rings. The first-order valence-corrected chi connectivity index (χ1v) is 3.56. The van der Waals surface area contributed by atoms with E-state index in [1.807, 2.05) is 13.0 Å². The van der Waals surface area contributed by atoms with Crippen LogP contribution in [0.25, 0.3) is 0 Å². The molecule has 0 unspecified atom stereocenters. The van der Waals surface area contributed by atoms with Gasteiger partial charge in [0.25, 0.3) is 5.91 Å². The number of pyridine rings is 1. The Balaban J connectivity index is 2.75. The van der Waals surface area contributed by atoms with Crippen molar-refractivity contribution >= 4 is 11.7 Å². The fraction of sp³-hybridized carbons (Fsp3) is 0.250. The van der Waals surface area contributed by atoms with E-state index in [0.717, 1.165) is 5.56 Å². The van der Waals surface area contributed by atoms with Crippen LogP contribution in [-0.2, 0) is 4.79 Å². The molecule has 0 bridgehead atoms. The first-order valence-electron chi connectivity index (χ1n) is 3.56. The standard InChI is InChI=1S/C8H10N2O2/c1-6-3-2-4-9-8(6)10-7(12)5-11/h2-4,11H,5H2,1H3,(H,9,10,12). The number of nitrogens with one attached hydrogen (secondary N) is 1. The molecular formula is C8H10N2O2. The van der Waals surface area contributed by atoms with Crippen molar-refractivity contribution in [2.45, 2.75) is 6.92 Å². The second-order valence-corrected chi connectivity index (χ2v) is 2.38. The first-order chi connectivity index (χ1) is 5.74. The summed E-state index contributed by atoms with van der Waals surface area (Å²) in [6.45, 7) is 1.32. The Hall–Kier alpha value is -1.42. The Labute approximate surface area is 70.3 Å². The maximum Gasteiger partial charge on any atom is 0.251 e. The van der Waals surface area contributed by atoms with E-state index in [-0.39, 0.29) is 0 Å². The monoisotopic (exact) mass is 166 g/mol. The molecule has 0 radical (unpaired) electrons. The zero-order chi connectivity index (χ0) is 8.97. The van der Waals surface area contributed by atoms with Crippen LogP contribution in [-0.4, -0.2) is 22.6 Å². The number of aliphatic hydroxyl groups is 1. The minimum Gasteiger partial charge on any atom is -0.387 e. The van der Waals surface area contributed by atoms with Crippen LogP contribution >= 0.6 is 0 Å². The van der Waals surface area contributed by atoms with Crippen molar-refractivity contribution < 1.29 is 9.90 Å². The van der Waals surface area contributed by atoms with Gasteiger partial charge in [0.05, 0.1) is 0 Å². The number of hydrogen-bond donors (Lipinski definition) is 2. The molecule has 1 rings (SSSR count). The summed E-state index contributed by atoms with van der Waals surface area (Å²) in [5.41, 5.74) is 0.874. The number of aryl methyl sites for hydroxylation is 1. The highest BCUT2D eigenvalue weighted by atomic mass is 16.3. The zero-order valence-electron chi connectivity index (χ0n) is 6.74. The van der Waals surface area contributed by atoms with Crippen molar-refractivity contribution in [3.63, 3.8) is 0 Å². The molecule has 1 heterocycles. The highest BCUT2D eigenvalue weighted by molar-refractivity contribution is 5.91. The van der Waals surface area contributed by atoms with Crippen LogP contribution in [0.15, 0.2) is 18.3 Å². The minimum absolute atomic E-state index is 0.447. The molecule has 0 fully saturated rings. The fourth-order valence-electron chi connectivity index (χ4n) is 0.788. The number of carbonyl (C=O) groups excluding carboxylic acids is 1. The number of rotatable bonds is 2. The third kappa shape index (κ3) is 2.03. The molecule has 4 heteroatoms. The number of hydrogen-bond acceptors (Lipinski definition) is 3. The Morgan fingerprint density at radius 2 is 2.50 bits per heavy atom. The van der Waals surface area contributed by atoms with Crippen LogP contribution in [0.2, 0.25) is 0 Å². The zero-order valence-corrected chi connectivity index (χ0v) is 6.74.